The van der Waals surface area contributed by atoms with Gasteiger partial charge in [-0.15, -0.1) is 0 Å². The summed E-state index contributed by atoms with van der Waals surface area (Å²) in [7, 11) is 1.62. The average molecular weight is 279 g/mol. The topological polar surface area (TPSA) is 73.1 Å². The Morgan fingerprint density at radius 2 is 2.11 bits per heavy atom. The molecule has 3 N–H and O–H groups in total. The molecule has 0 aliphatic rings. The molecule has 0 spiro atoms. The first-order valence-electron chi connectivity index (χ1n) is 5.80. The molecule has 0 saturated carbocycles. The van der Waals surface area contributed by atoms with Crippen molar-refractivity contribution in [1.82, 2.24) is 15.4 Å². The van der Waals surface area contributed by atoms with E-state index in [9.17, 15) is 0 Å². The van der Waals surface area contributed by atoms with Crippen molar-refractivity contribution < 1.29 is 4.74 Å². The molecule has 0 bridgehead atoms. The van der Waals surface area contributed by atoms with Crippen LogP contribution < -0.4 is 16.0 Å². The first-order valence-corrected chi connectivity index (χ1v) is 6.18. The van der Waals surface area contributed by atoms with Crippen molar-refractivity contribution >= 4 is 11.6 Å². The van der Waals surface area contributed by atoms with Crippen LogP contribution in [0, 0.1) is 0 Å². The van der Waals surface area contributed by atoms with E-state index in [4.69, 9.17) is 22.2 Å². The van der Waals surface area contributed by atoms with Crippen LogP contribution in [-0.4, -0.2) is 17.1 Å². The summed E-state index contributed by atoms with van der Waals surface area (Å²) >= 11 is 6.01. The van der Waals surface area contributed by atoms with Crippen molar-refractivity contribution in [2.24, 2.45) is 5.84 Å². The lowest BCUT2D eigenvalue weighted by Crippen LogP contribution is -2.31. The Hall–Kier alpha value is -1.69. The molecule has 1 heterocycles. The van der Waals surface area contributed by atoms with E-state index in [0.717, 1.165) is 11.3 Å². The number of nitrogens with zero attached hydrogens (tertiary/aromatic N) is 2. The largest absolute Gasteiger partial charge is 0.496 e. The highest BCUT2D eigenvalue weighted by Crippen LogP contribution is 2.26. The second-order valence-corrected chi connectivity index (χ2v) is 4.42. The maximum Gasteiger partial charge on any atom is 0.146 e. The Morgan fingerprint density at radius 3 is 2.74 bits per heavy atom. The third-order valence-corrected chi connectivity index (χ3v) is 3.00. The van der Waals surface area contributed by atoms with Crippen LogP contribution in [0.25, 0.3) is 0 Å². The number of nitrogens with one attached hydrogen (secondary N) is 1. The van der Waals surface area contributed by atoms with E-state index in [2.05, 4.69) is 15.4 Å². The molecule has 1 atom stereocenters. The van der Waals surface area contributed by atoms with Gasteiger partial charge in [0.1, 0.15) is 11.6 Å². The summed E-state index contributed by atoms with van der Waals surface area (Å²) in [6.07, 6.45) is 3.95. The minimum absolute atomic E-state index is 0.200. The van der Waals surface area contributed by atoms with Crippen LogP contribution in [0.5, 0.6) is 5.75 Å². The zero-order valence-corrected chi connectivity index (χ0v) is 11.3. The second kappa shape index (κ2) is 6.47. The zero-order chi connectivity index (χ0) is 13.7. The summed E-state index contributed by atoms with van der Waals surface area (Å²) in [5.41, 5.74) is 3.66. The lowest BCUT2D eigenvalue weighted by molar-refractivity contribution is 0.404. The van der Waals surface area contributed by atoms with Crippen LogP contribution in [0.2, 0.25) is 5.02 Å². The maximum atomic E-state index is 6.01. The highest BCUT2D eigenvalue weighted by atomic mass is 35.5. The molecule has 2 rings (SSSR count). The molecule has 6 heteroatoms. The fourth-order valence-electron chi connectivity index (χ4n) is 1.84. The Bertz CT molecular complexity index is 535. The molecule has 19 heavy (non-hydrogen) atoms. The number of rotatable bonds is 5. The number of ether oxygens (including phenoxy) is 1. The molecule has 0 amide bonds. The van der Waals surface area contributed by atoms with Crippen LogP contribution in [0.15, 0.2) is 36.7 Å². The summed E-state index contributed by atoms with van der Waals surface area (Å²) < 4.78 is 5.31. The SMILES string of the molecule is COc1ccc(Cl)cc1CC(NN)c1ncccn1. The van der Waals surface area contributed by atoms with Gasteiger partial charge >= 0.3 is 0 Å². The Kier molecular flexibility index (Phi) is 4.68. The van der Waals surface area contributed by atoms with Crippen molar-refractivity contribution in [3.8, 4) is 5.75 Å². The second-order valence-electron chi connectivity index (χ2n) is 3.99. The van der Waals surface area contributed by atoms with E-state index in [1.54, 1.807) is 31.6 Å². The van der Waals surface area contributed by atoms with Crippen LogP contribution in [0.1, 0.15) is 17.4 Å². The summed E-state index contributed by atoms with van der Waals surface area (Å²) in [6.45, 7) is 0. The van der Waals surface area contributed by atoms with Gasteiger partial charge in [-0.3, -0.25) is 5.84 Å². The molecule has 2 aromatic rings. The van der Waals surface area contributed by atoms with E-state index < -0.39 is 0 Å². The van der Waals surface area contributed by atoms with Gasteiger partial charge in [0.25, 0.3) is 0 Å². The molecule has 1 aromatic carbocycles. The van der Waals surface area contributed by atoms with E-state index in [-0.39, 0.29) is 6.04 Å². The van der Waals surface area contributed by atoms with Gasteiger partial charge < -0.3 is 4.74 Å². The van der Waals surface area contributed by atoms with Crippen LogP contribution in [-0.2, 0) is 6.42 Å². The summed E-state index contributed by atoms with van der Waals surface area (Å²) in [5.74, 6) is 6.97. The third-order valence-electron chi connectivity index (χ3n) is 2.77. The van der Waals surface area contributed by atoms with E-state index in [0.29, 0.717) is 17.3 Å². The van der Waals surface area contributed by atoms with Gasteiger partial charge in [0, 0.05) is 17.4 Å². The Balaban J connectivity index is 2.26. The fraction of sp³-hybridized carbons (Fsp3) is 0.231. The average Bonchev–Trinajstić information content (AvgIpc) is 2.46. The number of hydrogen-bond donors (Lipinski definition) is 2. The zero-order valence-electron chi connectivity index (χ0n) is 10.5. The third kappa shape index (κ3) is 3.41. The van der Waals surface area contributed by atoms with Gasteiger partial charge in [-0.25, -0.2) is 15.4 Å². The standard InChI is InChI=1S/C13H15ClN4O/c1-19-12-4-3-10(14)7-9(12)8-11(18-15)13-16-5-2-6-17-13/h2-7,11,18H,8,15H2,1H3. The van der Waals surface area contributed by atoms with Crippen LogP contribution in [0.3, 0.4) is 0 Å². The Morgan fingerprint density at radius 1 is 1.37 bits per heavy atom. The molecule has 5 nitrogen and oxygen atoms in total. The molecule has 0 aliphatic carbocycles. The first kappa shape index (κ1) is 13.7. The van der Waals surface area contributed by atoms with Gasteiger partial charge in [-0.05, 0) is 36.2 Å². The molecular weight excluding hydrogens is 264 g/mol. The van der Waals surface area contributed by atoms with Crippen molar-refractivity contribution in [3.05, 3.63) is 53.1 Å². The van der Waals surface area contributed by atoms with Crippen molar-refractivity contribution in [1.29, 1.82) is 0 Å². The number of methoxy groups -OCH3 is 1. The monoisotopic (exact) mass is 278 g/mol. The summed E-state index contributed by atoms with van der Waals surface area (Å²) in [4.78, 5) is 8.39. The fourth-order valence-corrected chi connectivity index (χ4v) is 2.04. The summed E-state index contributed by atoms with van der Waals surface area (Å²) in [6, 6.07) is 7.03. The van der Waals surface area contributed by atoms with Crippen molar-refractivity contribution in [2.45, 2.75) is 12.5 Å². The molecule has 0 fully saturated rings. The number of hydrazine groups is 1. The Labute approximate surface area is 116 Å². The van der Waals surface area contributed by atoms with Crippen molar-refractivity contribution in [3.63, 3.8) is 0 Å². The lowest BCUT2D eigenvalue weighted by Gasteiger charge is -2.16. The van der Waals surface area contributed by atoms with E-state index >= 15 is 0 Å². The highest BCUT2D eigenvalue weighted by molar-refractivity contribution is 6.30. The first-order chi connectivity index (χ1) is 9.24. The number of benzene rings is 1. The quantitative estimate of drug-likeness (QED) is 0.645. The van der Waals surface area contributed by atoms with Gasteiger partial charge in [0.05, 0.1) is 13.2 Å². The van der Waals surface area contributed by atoms with Gasteiger partial charge in [0.15, 0.2) is 0 Å². The highest BCUT2D eigenvalue weighted by Gasteiger charge is 2.16. The summed E-state index contributed by atoms with van der Waals surface area (Å²) in [5, 5.41) is 0.653. The van der Waals surface area contributed by atoms with Crippen LogP contribution in [0.4, 0.5) is 0 Å². The smallest absolute Gasteiger partial charge is 0.146 e. The molecule has 0 saturated heterocycles. The number of hydrogen-bond acceptors (Lipinski definition) is 5. The lowest BCUT2D eigenvalue weighted by atomic mass is 10.0. The maximum absolute atomic E-state index is 6.01. The van der Waals surface area contributed by atoms with Crippen molar-refractivity contribution in [2.75, 3.05) is 7.11 Å². The van der Waals surface area contributed by atoms with Gasteiger partial charge in [-0.2, -0.15) is 0 Å². The number of nitrogens with two attached hydrogens (primary N) is 1. The van der Waals surface area contributed by atoms with E-state index in [1.165, 1.54) is 0 Å². The molecule has 0 aliphatic heterocycles. The van der Waals surface area contributed by atoms with E-state index in [1.807, 2.05) is 12.1 Å². The number of halogens is 1. The predicted octanol–water partition coefficient (Wildman–Crippen LogP) is 1.89. The predicted molar refractivity (Wildman–Crippen MR) is 73.8 cm³/mol. The molecule has 1 aromatic heterocycles. The molecule has 100 valence electrons. The molecule has 1 unspecified atom stereocenters. The van der Waals surface area contributed by atoms with Crippen LogP contribution >= 0.6 is 11.6 Å². The molecule has 0 radical (unpaired) electrons. The van der Waals surface area contributed by atoms with Gasteiger partial charge in [-0.1, -0.05) is 11.6 Å². The number of aromatic nitrogens is 2. The normalized spacial score (nSPS) is 12.2. The van der Waals surface area contributed by atoms with Gasteiger partial charge in [0.2, 0.25) is 0 Å². The molecular formula is C13H15ClN4O. The minimum Gasteiger partial charge on any atom is -0.496 e. The minimum atomic E-state index is -0.200.